The normalized spacial score (nSPS) is 14.6. The standard InChI is InChI=1S/C35H58Cl2O3Si2/c1-9-38-35(34(5,36)37,40-41(6,7)8)29-23-15-13-11-10-12-14-16-24-30-39-42(33(2,3)4,31-25-19-17-20-26-31)32-27-21-18-22-28-32/h17-22,25-28H,9-16,23-24,29-30H2,1-8H3. The van der Waals surface area contributed by atoms with Crippen LogP contribution in [0.4, 0.5) is 0 Å². The number of ether oxygens (including phenoxy) is 1. The van der Waals surface area contributed by atoms with Gasteiger partial charge in [-0.1, -0.05) is 150 Å². The average molecular weight is 654 g/mol. The van der Waals surface area contributed by atoms with E-state index in [1.807, 2.05) is 6.92 Å². The Morgan fingerprint density at radius 3 is 1.45 bits per heavy atom. The predicted octanol–water partition coefficient (Wildman–Crippen LogP) is 10.2. The summed E-state index contributed by atoms with van der Waals surface area (Å²) < 4.78 is 18.5. The number of benzene rings is 2. The third-order valence-electron chi connectivity index (χ3n) is 7.90. The van der Waals surface area contributed by atoms with Gasteiger partial charge in [-0.2, -0.15) is 0 Å². The molecule has 0 bridgehead atoms. The Kier molecular flexibility index (Phi) is 15.3. The van der Waals surface area contributed by atoms with E-state index in [9.17, 15) is 0 Å². The highest BCUT2D eigenvalue weighted by atomic mass is 35.5. The van der Waals surface area contributed by atoms with Crippen LogP contribution in [0, 0.1) is 0 Å². The van der Waals surface area contributed by atoms with Crippen LogP contribution < -0.4 is 10.4 Å². The van der Waals surface area contributed by atoms with Gasteiger partial charge < -0.3 is 13.6 Å². The van der Waals surface area contributed by atoms with E-state index in [0.717, 1.165) is 32.3 Å². The predicted molar refractivity (Wildman–Crippen MR) is 189 cm³/mol. The lowest BCUT2D eigenvalue weighted by Gasteiger charge is -2.44. The number of alkyl halides is 2. The minimum absolute atomic E-state index is 0.0327. The van der Waals surface area contributed by atoms with E-state index in [0.29, 0.717) is 6.61 Å². The van der Waals surface area contributed by atoms with Gasteiger partial charge >= 0.3 is 0 Å². The smallest absolute Gasteiger partial charge is 0.261 e. The topological polar surface area (TPSA) is 27.7 Å². The fourth-order valence-electron chi connectivity index (χ4n) is 6.00. The maximum absolute atomic E-state index is 7.04. The summed E-state index contributed by atoms with van der Waals surface area (Å²) in [5.74, 6) is -0.939. The summed E-state index contributed by atoms with van der Waals surface area (Å²) in [6.45, 7) is 18.6. The van der Waals surface area contributed by atoms with Crippen LogP contribution in [0.2, 0.25) is 24.7 Å². The van der Waals surface area contributed by atoms with Crippen LogP contribution in [-0.2, 0) is 13.6 Å². The summed E-state index contributed by atoms with van der Waals surface area (Å²) in [4.78, 5) is 0. The first-order valence-corrected chi connectivity index (χ1v) is 22.2. The number of hydrogen-bond donors (Lipinski definition) is 0. The molecule has 0 spiro atoms. The molecule has 0 N–H and O–H groups in total. The molecule has 1 atom stereocenters. The molecule has 2 aromatic carbocycles. The van der Waals surface area contributed by atoms with Gasteiger partial charge in [-0.3, -0.25) is 0 Å². The van der Waals surface area contributed by atoms with E-state index in [4.69, 9.17) is 36.8 Å². The van der Waals surface area contributed by atoms with E-state index in [2.05, 4.69) is 101 Å². The summed E-state index contributed by atoms with van der Waals surface area (Å²) in [5.41, 5.74) is 0. The van der Waals surface area contributed by atoms with Crippen LogP contribution in [0.1, 0.15) is 98.8 Å². The number of hydrogen-bond acceptors (Lipinski definition) is 3. The first kappa shape index (κ1) is 37.5. The minimum Gasteiger partial charge on any atom is -0.407 e. The Bertz CT molecular complexity index is 961. The zero-order chi connectivity index (χ0) is 31.3. The van der Waals surface area contributed by atoms with Crippen molar-refractivity contribution in [1.82, 2.24) is 0 Å². The van der Waals surface area contributed by atoms with Crippen molar-refractivity contribution in [3.05, 3.63) is 60.7 Å². The van der Waals surface area contributed by atoms with Crippen molar-refractivity contribution in [2.45, 2.75) is 134 Å². The lowest BCUT2D eigenvalue weighted by molar-refractivity contribution is -0.198. The van der Waals surface area contributed by atoms with Gasteiger partial charge in [0, 0.05) is 19.6 Å². The lowest BCUT2D eigenvalue weighted by atomic mass is 10.0. The Hall–Kier alpha value is -0.666. The fraction of sp³-hybridized carbons (Fsp3) is 0.657. The summed E-state index contributed by atoms with van der Waals surface area (Å²) in [6, 6.07) is 21.9. The second-order valence-corrected chi connectivity index (χ2v) is 24.2. The molecule has 0 aliphatic rings. The molecule has 0 saturated heterocycles. The van der Waals surface area contributed by atoms with Gasteiger partial charge in [0.25, 0.3) is 8.32 Å². The molecule has 42 heavy (non-hydrogen) atoms. The van der Waals surface area contributed by atoms with E-state index < -0.39 is 26.8 Å². The zero-order valence-electron chi connectivity index (χ0n) is 27.7. The Morgan fingerprint density at radius 1 is 0.643 bits per heavy atom. The molecule has 2 rings (SSSR count). The second kappa shape index (κ2) is 17.1. The molecule has 0 amide bonds. The quantitative estimate of drug-likeness (QED) is 0.0616. The molecule has 0 aliphatic heterocycles. The second-order valence-electron chi connectivity index (χ2n) is 13.7. The molecule has 1 unspecified atom stereocenters. The van der Waals surface area contributed by atoms with Crippen LogP contribution in [0.25, 0.3) is 0 Å². The molecule has 0 saturated carbocycles. The molecular weight excluding hydrogens is 595 g/mol. The van der Waals surface area contributed by atoms with E-state index in [1.54, 1.807) is 6.92 Å². The summed E-state index contributed by atoms with van der Waals surface area (Å²) in [6.07, 6.45) is 11.5. The Labute approximate surface area is 270 Å². The molecule has 7 heteroatoms. The monoisotopic (exact) mass is 652 g/mol. The molecule has 0 radical (unpaired) electrons. The maximum atomic E-state index is 7.04. The highest BCUT2D eigenvalue weighted by molar-refractivity contribution is 6.99. The van der Waals surface area contributed by atoms with E-state index in [-0.39, 0.29) is 5.04 Å². The van der Waals surface area contributed by atoms with Crippen molar-refractivity contribution in [3.8, 4) is 0 Å². The number of rotatable bonds is 20. The minimum atomic E-state index is -2.42. The SMILES string of the molecule is CCOC(CCCCCCCCCCCO[Si](c1ccccc1)(c1ccccc1)C(C)(C)C)(O[Si](C)(C)C)C(C)(Cl)Cl. The molecule has 0 heterocycles. The van der Waals surface area contributed by atoms with Gasteiger partial charge in [0.05, 0.1) is 0 Å². The molecule has 0 aromatic heterocycles. The fourth-order valence-corrected chi connectivity index (χ4v) is 12.5. The average Bonchev–Trinajstić information content (AvgIpc) is 2.90. The largest absolute Gasteiger partial charge is 0.407 e. The Balaban J connectivity index is 1.77. The molecular formula is C35H58Cl2O3Si2. The highest BCUT2D eigenvalue weighted by Crippen LogP contribution is 2.43. The van der Waals surface area contributed by atoms with Crippen molar-refractivity contribution < 1.29 is 13.6 Å². The molecule has 3 nitrogen and oxygen atoms in total. The van der Waals surface area contributed by atoms with Gasteiger partial charge in [-0.15, -0.1) is 0 Å². The van der Waals surface area contributed by atoms with Gasteiger partial charge in [0.15, 0.2) is 18.4 Å². The number of unbranched alkanes of at least 4 members (excludes halogenated alkanes) is 8. The van der Waals surface area contributed by atoms with E-state index in [1.165, 1.54) is 48.9 Å². The first-order valence-electron chi connectivity index (χ1n) is 16.2. The van der Waals surface area contributed by atoms with Crippen molar-refractivity contribution in [2.75, 3.05) is 13.2 Å². The van der Waals surface area contributed by atoms with Gasteiger partial charge in [-0.05, 0) is 61.7 Å². The lowest BCUT2D eigenvalue weighted by Crippen LogP contribution is -2.66. The van der Waals surface area contributed by atoms with Crippen molar-refractivity contribution in [1.29, 1.82) is 0 Å². The van der Waals surface area contributed by atoms with Crippen LogP contribution in [0.3, 0.4) is 0 Å². The van der Waals surface area contributed by atoms with Gasteiger partial charge in [-0.25, -0.2) is 0 Å². The summed E-state index contributed by atoms with van der Waals surface area (Å²) in [7, 11) is -4.32. The van der Waals surface area contributed by atoms with Crippen LogP contribution in [-0.4, -0.2) is 40.0 Å². The van der Waals surface area contributed by atoms with Gasteiger partial charge in [0.2, 0.25) is 0 Å². The molecule has 238 valence electrons. The molecule has 2 aromatic rings. The van der Waals surface area contributed by atoms with Crippen LogP contribution >= 0.6 is 23.2 Å². The number of halogens is 2. The van der Waals surface area contributed by atoms with Crippen molar-refractivity contribution >= 4 is 50.2 Å². The highest BCUT2D eigenvalue weighted by Gasteiger charge is 2.51. The summed E-state index contributed by atoms with van der Waals surface area (Å²) in [5, 5.41) is 2.75. The van der Waals surface area contributed by atoms with Crippen molar-refractivity contribution in [2.24, 2.45) is 0 Å². The summed E-state index contributed by atoms with van der Waals surface area (Å²) >= 11 is 13.2. The molecule has 0 aliphatic carbocycles. The zero-order valence-corrected chi connectivity index (χ0v) is 31.3. The maximum Gasteiger partial charge on any atom is 0.261 e. The Morgan fingerprint density at radius 2 is 1.07 bits per heavy atom. The molecule has 0 fully saturated rings. The third-order valence-corrected chi connectivity index (χ3v) is 14.5. The van der Waals surface area contributed by atoms with Gasteiger partial charge in [0.1, 0.15) is 0 Å². The van der Waals surface area contributed by atoms with Crippen molar-refractivity contribution in [3.63, 3.8) is 0 Å². The van der Waals surface area contributed by atoms with E-state index >= 15 is 0 Å². The third kappa shape index (κ3) is 11.0. The van der Waals surface area contributed by atoms with Crippen LogP contribution in [0.15, 0.2) is 60.7 Å². The van der Waals surface area contributed by atoms with Crippen LogP contribution in [0.5, 0.6) is 0 Å². The first-order chi connectivity index (χ1) is 19.7.